The lowest BCUT2D eigenvalue weighted by atomic mass is 9.83. The number of nitrogens with zero attached hydrogens (tertiary/aromatic N) is 9. The molecular formula is C49H48F2N10O6. The second-order valence-corrected chi connectivity index (χ2v) is 19.7. The average molecular weight is 911 g/mol. The smallest absolute Gasteiger partial charge is 0.376 e. The molecule has 5 atom stereocenters. The second-order valence-electron chi connectivity index (χ2n) is 19.7. The van der Waals surface area contributed by atoms with Gasteiger partial charge in [-0.05, 0) is 125 Å². The highest BCUT2D eigenvalue weighted by molar-refractivity contribution is 6.00. The lowest BCUT2D eigenvalue weighted by Gasteiger charge is -2.36. The summed E-state index contributed by atoms with van der Waals surface area (Å²) >= 11 is 0. The van der Waals surface area contributed by atoms with Gasteiger partial charge in [-0.3, -0.25) is 32.7 Å². The highest BCUT2D eigenvalue weighted by Crippen LogP contribution is 2.57. The number of aromatic amines is 1. The Morgan fingerprint density at radius 3 is 2.37 bits per heavy atom. The molecule has 6 aromatic heterocycles. The molecule has 0 radical (unpaired) electrons. The number of rotatable bonds is 7. The molecule has 67 heavy (non-hydrogen) atoms. The number of halogens is 2. The highest BCUT2D eigenvalue weighted by Gasteiger charge is 2.59. The monoisotopic (exact) mass is 910 g/mol. The number of pyridine rings is 1. The molecule has 1 amide bonds. The molecule has 0 unspecified atom stereocenters. The van der Waals surface area contributed by atoms with E-state index in [4.69, 9.17) is 14.4 Å². The molecule has 2 saturated heterocycles. The largest absolute Gasteiger partial charge is 0.438 e. The van der Waals surface area contributed by atoms with Crippen LogP contribution in [0.4, 0.5) is 8.78 Å². The predicted molar refractivity (Wildman–Crippen MR) is 242 cm³/mol. The first-order valence-electron chi connectivity index (χ1n) is 22.8. The van der Waals surface area contributed by atoms with Gasteiger partial charge in [0, 0.05) is 67.2 Å². The second kappa shape index (κ2) is 14.2. The lowest BCUT2D eigenvalue weighted by Crippen LogP contribution is -2.43. The Balaban J connectivity index is 1.02. The van der Waals surface area contributed by atoms with Crippen molar-refractivity contribution in [2.24, 2.45) is 13.0 Å². The van der Waals surface area contributed by atoms with Crippen molar-refractivity contribution in [3.63, 3.8) is 0 Å². The molecule has 2 aromatic carbocycles. The van der Waals surface area contributed by atoms with Gasteiger partial charge in [0.05, 0.1) is 28.7 Å². The van der Waals surface area contributed by atoms with E-state index in [9.17, 15) is 14.4 Å². The van der Waals surface area contributed by atoms with Crippen LogP contribution in [0.2, 0.25) is 0 Å². The zero-order chi connectivity index (χ0) is 46.6. The molecule has 3 fully saturated rings. The van der Waals surface area contributed by atoms with Crippen molar-refractivity contribution in [1.29, 1.82) is 0 Å². The molecule has 2 bridgehead atoms. The van der Waals surface area contributed by atoms with E-state index in [0.717, 1.165) is 29.3 Å². The van der Waals surface area contributed by atoms with E-state index in [2.05, 4.69) is 49.1 Å². The summed E-state index contributed by atoms with van der Waals surface area (Å²) in [5, 5.41) is 10.2. The van der Waals surface area contributed by atoms with Gasteiger partial charge in [0.15, 0.2) is 11.6 Å². The SMILES string of the molecule is Cc1cc(-n2nc3c(c2-n2ccn(-c4ccn5c(cc(=O)n5C)c4F)c2=O)[C@@H]2CC[C@H](C3)N2C(=O)c2cc3cc([C@H]4CCOC(C)(C)C4)ccc3n2[C@@]2(c3noc(=O)[nH]3)C[C@@H]2C)cc(C)c1F. The van der Waals surface area contributed by atoms with Crippen molar-refractivity contribution in [3.05, 3.63) is 150 Å². The Labute approximate surface area is 380 Å². The number of fused-ring (bicyclic) bond motifs is 6. The number of hydrogen-bond acceptors (Lipinski definition) is 8. The van der Waals surface area contributed by atoms with Crippen LogP contribution in [0.1, 0.15) is 109 Å². The molecule has 1 aliphatic carbocycles. The molecule has 1 N–H and O–H groups in total. The fourth-order valence-electron chi connectivity index (χ4n) is 11.7. The molecule has 344 valence electrons. The van der Waals surface area contributed by atoms with Gasteiger partial charge in [-0.1, -0.05) is 18.1 Å². The molecule has 18 heteroatoms. The number of hydrogen-bond donors (Lipinski definition) is 1. The van der Waals surface area contributed by atoms with Crippen molar-refractivity contribution in [2.75, 3.05) is 6.61 Å². The third-order valence-electron chi connectivity index (χ3n) is 15.1. The number of benzene rings is 2. The first-order chi connectivity index (χ1) is 32.0. The average Bonchev–Trinajstić information content (AvgIpc) is 3.97. The van der Waals surface area contributed by atoms with Crippen molar-refractivity contribution < 1.29 is 22.8 Å². The minimum Gasteiger partial charge on any atom is -0.376 e. The van der Waals surface area contributed by atoms with Gasteiger partial charge in [-0.25, -0.2) is 27.7 Å². The fraction of sp³-hybridized carbons (Fsp3) is 0.388. The van der Waals surface area contributed by atoms with E-state index in [-0.39, 0.29) is 46.4 Å². The quantitative estimate of drug-likeness (QED) is 0.186. The van der Waals surface area contributed by atoms with Crippen LogP contribution in [0.15, 0.2) is 86.0 Å². The Morgan fingerprint density at radius 1 is 0.896 bits per heavy atom. The lowest BCUT2D eigenvalue weighted by molar-refractivity contribution is -0.0592. The third kappa shape index (κ3) is 5.96. The maximum absolute atomic E-state index is 16.3. The first-order valence-corrected chi connectivity index (χ1v) is 22.8. The van der Waals surface area contributed by atoms with Crippen molar-refractivity contribution in [1.82, 2.24) is 47.7 Å². The molecule has 4 aliphatic rings. The van der Waals surface area contributed by atoms with Gasteiger partial charge in [0.2, 0.25) is 0 Å². The molecule has 3 aliphatic heterocycles. The number of ether oxygens (including phenoxy) is 1. The van der Waals surface area contributed by atoms with E-state index < -0.39 is 34.4 Å². The standard InChI is InChI=1S/C49H48F2N10O6/c1-25-17-32(18-26(2)41(25)50)61-43(57-15-14-56(47(57)65)36-11-13-58-37(42(36)51)22-39(62)55(58)6)40-33(53-61)21-31-8-10-35(40)59(31)44(63)38-20-30-19-28(29-12-16-66-48(4,5)24-29)7-9-34(30)60(38)49(23-27(49)3)45-52-46(64)67-54-45/h7,9,11,13-15,17-20,22,27,29,31,35H,8,10,12,16,21,23-24H2,1-6H3,(H,52,54,64)/t27-,29-,31+,35-,49-/m0/s1. The Morgan fingerprint density at radius 2 is 1.66 bits per heavy atom. The molecule has 0 spiro atoms. The maximum Gasteiger partial charge on any atom is 0.438 e. The summed E-state index contributed by atoms with van der Waals surface area (Å²) in [6.07, 6.45) is 8.47. The zero-order valence-corrected chi connectivity index (χ0v) is 37.8. The molecule has 8 aromatic rings. The van der Waals surface area contributed by atoms with Gasteiger partial charge >= 0.3 is 11.4 Å². The van der Waals surface area contributed by atoms with E-state index in [1.165, 1.54) is 49.9 Å². The van der Waals surface area contributed by atoms with Gasteiger partial charge in [0.25, 0.3) is 11.5 Å². The van der Waals surface area contributed by atoms with E-state index >= 15 is 13.6 Å². The molecular weight excluding hydrogens is 863 g/mol. The normalized spacial score (nSPS) is 23.1. The van der Waals surface area contributed by atoms with Crippen LogP contribution in [0, 0.1) is 31.4 Å². The van der Waals surface area contributed by atoms with Crippen LogP contribution in [-0.2, 0) is 23.7 Å². The van der Waals surface area contributed by atoms with Crippen molar-refractivity contribution in [2.45, 2.75) is 102 Å². The summed E-state index contributed by atoms with van der Waals surface area (Å²) in [6, 6.07) is 13.5. The molecule has 12 rings (SSSR count). The van der Waals surface area contributed by atoms with Crippen LogP contribution in [0.5, 0.6) is 0 Å². The summed E-state index contributed by atoms with van der Waals surface area (Å²) in [5.41, 5.74) is 2.85. The summed E-state index contributed by atoms with van der Waals surface area (Å²) in [6.45, 7) is 10.3. The third-order valence-corrected chi connectivity index (χ3v) is 15.1. The number of carbonyl (C=O) groups is 1. The number of imidazole rings is 1. The highest BCUT2D eigenvalue weighted by atomic mass is 19.1. The van der Waals surface area contributed by atoms with Crippen molar-refractivity contribution in [3.8, 4) is 17.2 Å². The molecule has 16 nitrogen and oxygen atoms in total. The number of amides is 1. The molecule has 1 saturated carbocycles. The minimum atomic E-state index is -0.864. The topological polar surface area (TPSA) is 165 Å². The van der Waals surface area contributed by atoms with Crippen LogP contribution in [0.25, 0.3) is 33.6 Å². The van der Waals surface area contributed by atoms with Gasteiger partial charge in [0.1, 0.15) is 28.4 Å². The summed E-state index contributed by atoms with van der Waals surface area (Å²) < 4.78 is 51.5. The first kappa shape index (κ1) is 41.4. The Kier molecular flexibility index (Phi) is 8.77. The number of nitrogens with one attached hydrogen (secondary N) is 1. The van der Waals surface area contributed by atoms with Gasteiger partial charge in [-0.2, -0.15) is 5.10 Å². The van der Waals surface area contributed by atoms with Crippen LogP contribution < -0.4 is 17.0 Å². The maximum atomic E-state index is 16.3. The predicted octanol–water partition coefficient (Wildman–Crippen LogP) is 6.65. The van der Waals surface area contributed by atoms with Gasteiger partial charge in [-0.15, -0.1) is 0 Å². The number of aromatic nitrogens is 9. The van der Waals surface area contributed by atoms with Gasteiger partial charge < -0.3 is 14.2 Å². The van der Waals surface area contributed by atoms with E-state index in [1.807, 2.05) is 15.5 Å². The van der Waals surface area contributed by atoms with Crippen LogP contribution in [0.3, 0.4) is 0 Å². The summed E-state index contributed by atoms with van der Waals surface area (Å²) in [5.74, 6) is -1.06. The Hall–Kier alpha value is -7.08. The summed E-state index contributed by atoms with van der Waals surface area (Å²) in [4.78, 5) is 60.3. The molecule has 9 heterocycles. The van der Waals surface area contributed by atoms with Crippen molar-refractivity contribution >= 4 is 22.3 Å². The zero-order valence-electron chi connectivity index (χ0n) is 37.8. The number of carbonyl (C=O) groups excluding carboxylic acids is 1. The van der Waals surface area contributed by atoms with E-state index in [0.29, 0.717) is 77.7 Å². The summed E-state index contributed by atoms with van der Waals surface area (Å²) in [7, 11) is 1.52. The minimum absolute atomic E-state index is 0.00666. The van der Waals surface area contributed by atoms with Crippen LogP contribution in [-0.4, -0.2) is 71.9 Å². The number of aryl methyl sites for hydroxylation is 3. The fourth-order valence-corrected chi connectivity index (χ4v) is 11.7. The number of H-pyrrole nitrogens is 1. The van der Waals surface area contributed by atoms with Crippen LogP contribution >= 0.6 is 0 Å². The van der Waals surface area contributed by atoms with E-state index in [1.54, 1.807) is 36.9 Å². The Bertz CT molecular complexity index is 3570.